The Kier molecular flexibility index (Phi) is 7.87. The Labute approximate surface area is 220 Å². The number of carboxylic acids is 1. The van der Waals surface area contributed by atoms with Crippen molar-refractivity contribution in [3.05, 3.63) is 82.6 Å². The van der Waals surface area contributed by atoms with Crippen LogP contribution in [0.25, 0.3) is 16.6 Å². The fourth-order valence-corrected chi connectivity index (χ4v) is 4.48. The molecule has 0 saturated heterocycles. The van der Waals surface area contributed by atoms with Gasteiger partial charge in [0.25, 0.3) is 0 Å². The van der Waals surface area contributed by atoms with Gasteiger partial charge in [0.15, 0.2) is 5.69 Å². The van der Waals surface area contributed by atoms with E-state index in [1.54, 1.807) is 36.6 Å². The number of methoxy groups -OCH3 is 2. The lowest BCUT2D eigenvalue weighted by atomic mass is 10.00. The number of rotatable bonds is 10. The third-order valence-electron chi connectivity index (χ3n) is 6.31. The molecule has 2 heterocycles. The van der Waals surface area contributed by atoms with Crippen molar-refractivity contribution in [3.8, 4) is 11.5 Å². The van der Waals surface area contributed by atoms with Crippen LogP contribution in [0.15, 0.2) is 53.1 Å². The molecule has 1 aliphatic heterocycles. The monoisotopic (exact) mass is 516 g/mol. The van der Waals surface area contributed by atoms with E-state index >= 15 is 0 Å². The normalized spacial score (nSPS) is 15.1. The molecule has 0 spiro atoms. The first kappa shape index (κ1) is 26.2. The lowest BCUT2D eigenvalue weighted by molar-refractivity contribution is -0.135. The summed E-state index contributed by atoms with van der Waals surface area (Å²) in [7, 11) is 4.90. The van der Waals surface area contributed by atoms with Crippen molar-refractivity contribution < 1.29 is 28.6 Å². The Hall–Kier alpha value is -4.91. The van der Waals surface area contributed by atoms with E-state index in [4.69, 9.17) is 25.6 Å². The fourth-order valence-electron chi connectivity index (χ4n) is 4.48. The number of nitrogens with zero attached hydrogens (tertiary/aromatic N) is 2. The van der Waals surface area contributed by atoms with Crippen molar-refractivity contribution in [2.24, 2.45) is 0 Å². The Bertz CT molecular complexity index is 1380. The first-order valence-electron chi connectivity index (χ1n) is 11.8. The number of furan rings is 1. The van der Waals surface area contributed by atoms with Crippen molar-refractivity contribution in [1.29, 1.82) is 0 Å². The molecular formula is C28H28N4O6. The lowest BCUT2D eigenvalue weighted by Crippen LogP contribution is -2.27. The lowest BCUT2D eigenvalue weighted by Gasteiger charge is -2.24. The molecule has 0 saturated carbocycles. The molecule has 38 heavy (non-hydrogen) atoms. The van der Waals surface area contributed by atoms with E-state index in [9.17, 15) is 9.59 Å². The maximum atomic E-state index is 12.8. The van der Waals surface area contributed by atoms with Gasteiger partial charge in [0, 0.05) is 18.3 Å². The minimum Gasteiger partial charge on any atom is -0.494 e. The second-order valence-corrected chi connectivity index (χ2v) is 8.65. The predicted octanol–water partition coefficient (Wildman–Crippen LogP) is 4.54. The van der Waals surface area contributed by atoms with Crippen LogP contribution in [0.1, 0.15) is 34.9 Å². The highest BCUT2D eigenvalue weighted by Gasteiger charge is 2.33. The molecule has 1 aromatic heterocycles. The van der Waals surface area contributed by atoms with Crippen LogP contribution >= 0.6 is 0 Å². The van der Waals surface area contributed by atoms with E-state index in [0.29, 0.717) is 35.2 Å². The number of ether oxygens (including phenoxy) is 2. The summed E-state index contributed by atoms with van der Waals surface area (Å²) in [4.78, 5) is 29.5. The van der Waals surface area contributed by atoms with Crippen molar-refractivity contribution in [1.82, 2.24) is 10.2 Å². The van der Waals surface area contributed by atoms with Gasteiger partial charge < -0.3 is 34.5 Å². The van der Waals surface area contributed by atoms with Gasteiger partial charge in [-0.15, -0.1) is 0 Å². The number of hydrogen-bond acceptors (Lipinski definition) is 7. The van der Waals surface area contributed by atoms with Gasteiger partial charge in [-0.25, -0.2) is 4.85 Å². The molecular weight excluding hydrogens is 488 g/mol. The van der Waals surface area contributed by atoms with E-state index < -0.39 is 5.97 Å². The van der Waals surface area contributed by atoms with Gasteiger partial charge in [0.1, 0.15) is 29.5 Å². The van der Waals surface area contributed by atoms with Crippen molar-refractivity contribution in [2.45, 2.75) is 19.0 Å². The quantitative estimate of drug-likeness (QED) is 0.337. The summed E-state index contributed by atoms with van der Waals surface area (Å²) in [5, 5.41) is 14.8. The van der Waals surface area contributed by atoms with Crippen LogP contribution in [0.4, 0.5) is 11.4 Å². The molecule has 0 radical (unpaired) electrons. The summed E-state index contributed by atoms with van der Waals surface area (Å²) >= 11 is 0. The summed E-state index contributed by atoms with van der Waals surface area (Å²) < 4.78 is 16.3. The van der Waals surface area contributed by atoms with Gasteiger partial charge in [-0.2, -0.15) is 0 Å². The maximum Gasteiger partial charge on any atom is 0.322 e. The summed E-state index contributed by atoms with van der Waals surface area (Å²) in [6.07, 6.45) is 3.70. The van der Waals surface area contributed by atoms with Crippen LogP contribution in [0, 0.1) is 6.57 Å². The van der Waals surface area contributed by atoms with Gasteiger partial charge in [0.05, 0.1) is 46.1 Å². The minimum absolute atomic E-state index is 0.143. The number of benzene rings is 2. The summed E-state index contributed by atoms with van der Waals surface area (Å²) in [5.41, 5.74) is 4.35. The van der Waals surface area contributed by atoms with Crippen LogP contribution in [0.5, 0.6) is 11.5 Å². The van der Waals surface area contributed by atoms with Crippen LogP contribution < -0.4 is 20.1 Å². The summed E-state index contributed by atoms with van der Waals surface area (Å²) in [6.45, 7) is 7.44. The number of carbonyl (C=O) groups is 2. The highest BCUT2D eigenvalue weighted by Crippen LogP contribution is 2.45. The third kappa shape index (κ3) is 5.57. The molecule has 2 aromatic carbocycles. The van der Waals surface area contributed by atoms with Gasteiger partial charge in [-0.3, -0.25) is 9.59 Å². The van der Waals surface area contributed by atoms with Crippen LogP contribution in [0.2, 0.25) is 0 Å². The molecule has 3 N–H and O–H groups in total. The molecule has 0 aliphatic carbocycles. The average Bonchev–Trinajstić information content (AvgIpc) is 3.53. The van der Waals surface area contributed by atoms with E-state index in [1.807, 2.05) is 30.2 Å². The van der Waals surface area contributed by atoms with Crippen LogP contribution in [-0.4, -0.2) is 49.7 Å². The van der Waals surface area contributed by atoms with E-state index in [-0.39, 0.29) is 24.9 Å². The Balaban J connectivity index is 1.67. The molecule has 3 aromatic rings. The largest absolute Gasteiger partial charge is 0.494 e. The van der Waals surface area contributed by atoms with Crippen molar-refractivity contribution in [3.63, 3.8) is 0 Å². The number of carbonyl (C=O) groups excluding carboxylic acids is 1. The molecule has 10 nitrogen and oxygen atoms in total. The van der Waals surface area contributed by atoms with E-state index in [0.717, 1.165) is 22.4 Å². The molecule has 1 atom stereocenters. The van der Waals surface area contributed by atoms with Gasteiger partial charge >= 0.3 is 5.97 Å². The zero-order chi connectivity index (χ0) is 27.2. The predicted molar refractivity (Wildman–Crippen MR) is 142 cm³/mol. The number of amides is 1. The molecule has 0 fully saturated rings. The molecule has 196 valence electrons. The number of carboxylic acid groups (broad SMARTS) is 1. The highest BCUT2D eigenvalue weighted by molar-refractivity contribution is 5.88. The smallest absolute Gasteiger partial charge is 0.322 e. The number of hydrogen-bond donors (Lipinski definition) is 3. The highest BCUT2D eigenvalue weighted by atomic mass is 16.5. The third-order valence-corrected chi connectivity index (χ3v) is 6.31. The first-order valence-corrected chi connectivity index (χ1v) is 11.8. The number of aliphatic carboxylic acids is 1. The summed E-state index contributed by atoms with van der Waals surface area (Å²) in [5.74, 6) is 0.364. The van der Waals surface area contributed by atoms with Crippen LogP contribution in [-0.2, 0) is 16.1 Å². The Morgan fingerprint density at radius 3 is 2.53 bits per heavy atom. The van der Waals surface area contributed by atoms with Gasteiger partial charge in [-0.1, -0.05) is 18.2 Å². The second kappa shape index (κ2) is 11.4. The standard InChI is InChI=1S/C28H28N4O6/c1-29-18-7-8-20-21(13-18)23(14-26(33)30-15-19-6-5-9-38-19)32(2)22(20)10-17-11-24(36-3)28(25(12-17)37-4)31-16-27(34)35/h5-13,23,31H,14-16H2,2-4H3,(H,30,33)(H,34,35)/b22-10+. The second-order valence-electron chi connectivity index (χ2n) is 8.65. The van der Waals surface area contributed by atoms with Crippen LogP contribution in [0.3, 0.4) is 0 Å². The van der Waals surface area contributed by atoms with Gasteiger partial charge in [0.2, 0.25) is 5.91 Å². The number of fused-ring (bicyclic) bond motifs is 1. The van der Waals surface area contributed by atoms with Crippen molar-refractivity contribution >= 4 is 35.0 Å². The van der Waals surface area contributed by atoms with Crippen molar-refractivity contribution in [2.75, 3.05) is 33.1 Å². The number of anilines is 1. The number of nitrogens with one attached hydrogen (secondary N) is 2. The molecule has 10 heteroatoms. The molecule has 1 amide bonds. The topological polar surface area (TPSA) is 118 Å². The first-order chi connectivity index (χ1) is 18.3. The minimum atomic E-state index is -1.01. The zero-order valence-corrected chi connectivity index (χ0v) is 21.3. The molecule has 1 unspecified atom stereocenters. The zero-order valence-electron chi connectivity index (χ0n) is 21.3. The fraction of sp³-hybridized carbons (Fsp3) is 0.250. The molecule has 0 bridgehead atoms. The Morgan fingerprint density at radius 1 is 1.18 bits per heavy atom. The molecule has 4 rings (SSSR count). The SMILES string of the molecule is [C-]#[N+]c1ccc2c(c1)C(CC(=O)NCc1ccco1)N(C)/C2=C/c1cc(OC)c(NCC(=O)O)c(OC)c1. The Morgan fingerprint density at radius 2 is 1.92 bits per heavy atom. The maximum absolute atomic E-state index is 12.8. The summed E-state index contributed by atoms with van der Waals surface area (Å²) in [6, 6.07) is 12.3. The van der Waals surface area contributed by atoms with Gasteiger partial charge in [-0.05, 0) is 41.5 Å². The molecule has 1 aliphatic rings. The van der Waals surface area contributed by atoms with E-state index in [1.165, 1.54) is 14.2 Å². The average molecular weight is 517 g/mol. The van der Waals surface area contributed by atoms with E-state index in [2.05, 4.69) is 15.5 Å².